The van der Waals surface area contributed by atoms with Gasteiger partial charge in [0.2, 0.25) is 0 Å². The smallest absolute Gasteiger partial charge is 0.0482 e. The van der Waals surface area contributed by atoms with E-state index in [9.17, 15) is 0 Å². The Morgan fingerprint density at radius 1 is 0.957 bits per heavy atom. The normalized spacial score (nSPS) is 14.1. The highest BCUT2D eigenvalue weighted by Crippen LogP contribution is 2.27. The van der Waals surface area contributed by atoms with Crippen LogP contribution in [-0.2, 0) is 19.9 Å². The molecule has 0 aliphatic heterocycles. The van der Waals surface area contributed by atoms with Crippen LogP contribution in [0.25, 0.3) is 10.9 Å². The summed E-state index contributed by atoms with van der Waals surface area (Å²) in [4.78, 5) is 0. The predicted octanol–water partition coefficient (Wildman–Crippen LogP) is 4.24. The molecule has 0 amide bonds. The Bertz CT molecular complexity index is 786. The topological polar surface area (TPSA) is 30.9 Å². The SMILES string of the molecule is Cc1c(CC(N)C(C)Cc2ccccc2)c2ccccc2n1C. The Morgan fingerprint density at radius 2 is 1.61 bits per heavy atom. The summed E-state index contributed by atoms with van der Waals surface area (Å²) in [6.45, 7) is 4.46. The highest BCUT2D eigenvalue weighted by Gasteiger charge is 2.18. The standard InChI is InChI=1S/C21H26N2/c1-15(13-17-9-5-4-6-10-17)20(22)14-19-16(2)23(3)21-12-8-7-11-18(19)21/h4-12,15,20H,13-14,22H2,1-3H3. The summed E-state index contributed by atoms with van der Waals surface area (Å²) in [6.07, 6.45) is 1.97. The second kappa shape index (κ2) is 6.59. The number of nitrogens with zero attached hydrogens (tertiary/aromatic N) is 1. The van der Waals surface area contributed by atoms with E-state index in [2.05, 4.69) is 80.1 Å². The number of hydrogen-bond donors (Lipinski definition) is 1. The van der Waals surface area contributed by atoms with E-state index < -0.39 is 0 Å². The molecule has 0 aliphatic carbocycles. The van der Waals surface area contributed by atoms with Gasteiger partial charge < -0.3 is 10.3 Å². The zero-order valence-electron chi connectivity index (χ0n) is 14.3. The van der Waals surface area contributed by atoms with Crippen LogP contribution in [0.3, 0.4) is 0 Å². The van der Waals surface area contributed by atoms with Crippen LogP contribution in [0.1, 0.15) is 23.7 Å². The van der Waals surface area contributed by atoms with Gasteiger partial charge in [-0.25, -0.2) is 0 Å². The molecular weight excluding hydrogens is 280 g/mol. The molecule has 2 atom stereocenters. The largest absolute Gasteiger partial charge is 0.348 e. The lowest BCUT2D eigenvalue weighted by atomic mass is 9.89. The van der Waals surface area contributed by atoms with Gasteiger partial charge in [-0.05, 0) is 42.9 Å². The second-order valence-corrected chi connectivity index (χ2v) is 6.68. The molecule has 3 aromatic rings. The molecule has 0 saturated heterocycles. The van der Waals surface area contributed by atoms with Gasteiger partial charge in [0.1, 0.15) is 0 Å². The zero-order valence-corrected chi connectivity index (χ0v) is 14.3. The molecule has 2 aromatic carbocycles. The highest BCUT2D eigenvalue weighted by atomic mass is 14.9. The highest BCUT2D eigenvalue weighted by molar-refractivity contribution is 5.85. The molecule has 23 heavy (non-hydrogen) atoms. The molecule has 2 heteroatoms. The summed E-state index contributed by atoms with van der Waals surface area (Å²) in [7, 11) is 2.14. The van der Waals surface area contributed by atoms with E-state index in [1.54, 1.807) is 0 Å². The molecule has 1 aromatic heterocycles. The molecule has 1 heterocycles. The maximum absolute atomic E-state index is 6.56. The van der Waals surface area contributed by atoms with Gasteiger partial charge in [-0.2, -0.15) is 0 Å². The number of aryl methyl sites for hydroxylation is 1. The molecule has 0 saturated carbocycles. The quantitative estimate of drug-likeness (QED) is 0.751. The minimum Gasteiger partial charge on any atom is -0.348 e. The first-order valence-corrected chi connectivity index (χ1v) is 8.40. The Kier molecular flexibility index (Phi) is 4.53. The van der Waals surface area contributed by atoms with Gasteiger partial charge in [0.15, 0.2) is 0 Å². The fourth-order valence-electron chi connectivity index (χ4n) is 3.43. The number of aromatic nitrogens is 1. The van der Waals surface area contributed by atoms with Crippen LogP contribution in [0.4, 0.5) is 0 Å². The van der Waals surface area contributed by atoms with E-state index >= 15 is 0 Å². The molecule has 120 valence electrons. The van der Waals surface area contributed by atoms with Crippen LogP contribution < -0.4 is 5.73 Å². The maximum atomic E-state index is 6.56. The van der Waals surface area contributed by atoms with Gasteiger partial charge in [0.25, 0.3) is 0 Å². The fourth-order valence-corrected chi connectivity index (χ4v) is 3.43. The van der Waals surface area contributed by atoms with Crippen molar-refractivity contribution in [3.63, 3.8) is 0 Å². The average Bonchev–Trinajstić information content (AvgIpc) is 2.81. The van der Waals surface area contributed by atoms with Crippen molar-refractivity contribution in [2.45, 2.75) is 32.7 Å². The fraction of sp³-hybridized carbons (Fsp3) is 0.333. The molecule has 3 rings (SSSR count). The monoisotopic (exact) mass is 306 g/mol. The molecule has 2 nitrogen and oxygen atoms in total. The molecule has 0 spiro atoms. The van der Waals surface area contributed by atoms with Crippen LogP contribution in [0, 0.1) is 12.8 Å². The van der Waals surface area contributed by atoms with Gasteiger partial charge in [0, 0.05) is 29.7 Å². The van der Waals surface area contributed by atoms with E-state index in [0.29, 0.717) is 5.92 Å². The van der Waals surface area contributed by atoms with E-state index in [1.165, 1.54) is 27.7 Å². The average molecular weight is 306 g/mol. The van der Waals surface area contributed by atoms with Crippen LogP contribution in [0.2, 0.25) is 0 Å². The van der Waals surface area contributed by atoms with Crippen molar-refractivity contribution in [1.29, 1.82) is 0 Å². The number of hydrogen-bond acceptors (Lipinski definition) is 1. The first-order chi connectivity index (χ1) is 11.1. The summed E-state index contributed by atoms with van der Waals surface area (Å²) in [6, 6.07) is 19.4. The lowest BCUT2D eigenvalue weighted by Crippen LogP contribution is -2.32. The Morgan fingerprint density at radius 3 is 2.35 bits per heavy atom. The number of nitrogens with two attached hydrogens (primary N) is 1. The summed E-state index contributed by atoms with van der Waals surface area (Å²) < 4.78 is 2.28. The number of rotatable bonds is 5. The molecule has 0 aliphatic rings. The van der Waals surface area contributed by atoms with Crippen molar-refractivity contribution in [2.24, 2.45) is 18.7 Å². The van der Waals surface area contributed by atoms with Gasteiger partial charge >= 0.3 is 0 Å². The van der Waals surface area contributed by atoms with Gasteiger partial charge in [-0.3, -0.25) is 0 Å². The van der Waals surface area contributed by atoms with Crippen molar-refractivity contribution in [1.82, 2.24) is 4.57 Å². The van der Waals surface area contributed by atoms with E-state index in [4.69, 9.17) is 5.73 Å². The predicted molar refractivity (Wildman–Crippen MR) is 98.6 cm³/mol. The van der Waals surface area contributed by atoms with Crippen LogP contribution >= 0.6 is 0 Å². The van der Waals surface area contributed by atoms with E-state index in [0.717, 1.165) is 12.8 Å². The van der Waals surface area contributed by atoms with Gasteiger partial charge in [-0.15, -0.1) is 0 Å². The van der Waals surface area contributed by atoms with Crippen molar-refractivity contribution >= 4 is 10.9 Å². The lowest BCUT2D eigenvalue weighted by Gasteiger charge is -2.20. The van der Waals surface area contributed by atoms with Crippen LogP contribution in [0.15, 0.2) is 54.6 Å². The van der Waals surface area contributed by atoms with Crippen LogP contribution in [-0.4, -0.2) is 10.6 Å². The third kappa shape index (κ3) is 3.18. The first kappa shape index (κ1) is 15.8. The Balaban J connectivity index is 1.80. The number of para-hydroxylation sites is 1. The third-order valence-corrected chi connectivity index (χ3v) is 5.10. The lowest BCUT2D eigenvalue weighted by molar-refractivity contribution is 0.450. The first-order valence-electron chi connectivity index (χ1n) is 8.40. The maximum Gasteiger partial charge on any atom is 0.0482 e. The minimum atomic E-state index is 0.166. The summed E-state index contributed by atoms with van der Waals surface area (Å²) in [5, 5.41) is 1.34. The second-order valence-electron chi connectivity index (χ2n) is 6.68. The molecule has 2 N–H and O–H groups in total. The third-order valence-electron chi connectivity index (χ3n) is 5.10. The Hall–Kier alpha value is -2.06. The van der Waals surface area contributed by atoms with E-state index in [1.807, 2.05) is 0 Å². The van der Waals surface area contributed by atoms with Crippen LogP contribution in [0.5, 0.6) is 0 Å². The summed E-state index contributed by atoms with van der Waals surface area (Å²) >= 11 is 0. The summed E-state index contributed by atoms with van der Waals surface area (Å²) in [5.41, 5.74) is 11.9. The van der Waals surface area contributed by atoms with E-state index in [-0.39, 0.29) is 6.04 Å². The molecule has 0 bridgehead atoms. The number of benzene rings is 2. The van der Waals surface area contributed by atoms with Crippen molar-refractivity contribution < 1.29 is 0 Å². The molecule has 0 fully saturated rings. The molecule has 0 radical (unpaired) electrons. The van der Waals surface area contributed by atoms with Crippen molar-refractivity contribution in [3.8, 4) is 0 Å². The minimum absolute atomic E-state index is 0.166. The molecular formula is C21H26N2. The van der Waals surface area contributed by atoms with Crippen molar-refractivity contribution in [3.05, 3.63) is 71.4 Å². The molecule has 2 unspecified atom stereocenters. The van der Waals surface area contributed by atoms with Gasteiger partial charge in [0.05, 0.1) is 0 Å². The zero-order chi connectivity index (χ0) is 16.4. The summed E-state index contributed by atoms with van der Waals surface area (Å²) in [5.74, 6) is 0.454. The number of fused-ring (bicyclic) bond motifs is 1. The Labute approximate surface area is 138 Å². The van der Waals surface area contributed by atoms with Gasteiger partial charge in [-0.1, -0.05) is 55.5 Å². The van der Waals surface area contributed by atoms with Crippen molar-refractivity contribution in [2.75, 3.05) is 0 Å².